The maximum Gasteiger partial charge on any atom is 0.279 e. The molecule has 4 nitrogen and oxygen atoms in total. The highest BCUT2D eigenvalue weighted by atomic mass is 32.2. The number of hydrogen-bond acceptors (Lipinski definition) is 3. The second-order valence-electron chi connectivity index (χ2n) is 4.23. The fourth-order valence-electron chi connectivity index (χ4n) is 1.73. The van der Waals surface area contributed by atoms with Crippen LogP contribution in [0.15, 0.2) is 59.6 Å². The Balaban J connectivity index is 2.20. The molecule has 0 radical (unpaired) electrons. The molecule has 106 valence electrons. The molecule has 0 saturated carbocycles. The lowest BCUT2D eigenvalue weighted by Gasteiger charge is -2.02. The van der Waals surface area contributed by atoms with Crippen molar-refractivity contribution in [1.29, 1.82) is 0 Å². The Labute approximate surface area is 127 Å². The zero-order chi connectivity index (χ0) is 15.2. The van der Waals surface area contributed by atoms with Gasteiger partial charge in [-0.1, -0.05) is 54.2 Å². The molecule has 0 fully saturated rings. The van der Waals surface area contributed by atoms with Crippen LogP contribution in [0.1, 0.15) is 26.3 Å². The normalized spacial score (nSPS) is 11.2. The zero-order valence-electron chi connectivity index (χ0n) is 11.4. The number of carbonyl (C=O) groups is 2. The van der Waals surface area contributed by atoms with Crippen molar-refractivity contribution in [3.8, 4) is 0 Å². The third-order valence-corrected chi connectivity index (χ3v) is 3.36. The van der Waals surface area contributed by atoms with E-state index in [1.165, 1.54) is 11.8 Å². The highest BCUT2D eigenvalue weighted by Gasteiger charge is 2.10. The summed E-state index contributed by atoms with van der Waals surface area (Å²) in [5, 5.41) is 0.212. The van der Waals surface area contributed by atoms with Gasteiger partial charge in [0.25, 0.3) is 5.91 Å². The first-order chi connectivity index (χ1) is 10.1. The van der Waals surface area contributed by atoms with Gasteiger partial charge in [-0.15, -0.1) is 0 Å². The summed E-state index contributed by atoms with van der Waals surface area (Å²) in [6.07, 6.45) is 1.74. The van der Waals surface area contributed by atoms with Crippen LogP contribution in [0.5, 0.6) is 0 Å². The number of benzene rings is 2. The number of nitrogens with zero attached hydrogens (tertiary/aromatic N) is 1. The van der Waals surface area contributed by atoms with Crippen molar-refractivity contribution >= 4 is 28.6 Å². The predicted octanol–water partition coefficient (Wildman–Crippen LogP) is 2.74. The van der Waals surface area contributed by atoms with Gasteiger partial charge in [-0.2, -0.15) is 4.99 Å². The van der Waals surface area contributed by atoms with E-state index in [0.717, 1.165) is 0 Å². The van der Waals surface area contributed by atoms with Crippen molar-refractivity contribution in [3.05, 3.63) is 71.3 Å². The van der Waals surface area contributed by atoms with Crippen LogP contribution in [0.25, 0.3) is 0 Å². The second-order valence-corrected chi connectivity index (χ2v) is 5.06. The molecule has 21 heavy (non-hydrogen) atoms. The summed E-state index contributed by atoms with van der Waals surface area (Å²) < 4.78 is 0. The van der Waals surface area contributed by atoms with E-state index in [9.17, 15) is 9.59 Å². The van der Waals surface area contributed by atoms with Gasteiger partial charge in [-0.05, 0) is 18.4 Å². The first-order valence-electron chi connectivity index (χ1n) is 6.24. The van der Waals surface area contributed by atoms with Gasteiger partial charge in [0.2, 0.25) is 0 Å². The van der Waals surface area contributed by atoms with E-state index in [1.807, 2.05) is 18.2 Å². The third-order valence-electron chi connectivity index (χ3n) is 2.85. The molecule has 0 spiro atoms. The highest BCUT2D eigenvalue weighted by molar-refractivity contribution is 8.13. The molecular weight excluding hydrogens is 284 g/mol. The summed E-state index contributed by atoms with van der Waals surface area (Å²) >= 11 is 1.21. The Bertz CT molecular complexity index is 679. The van der Waals surface area contributed by atoms with Crippen molar-refractivity contribution < 1.29 is 9.59 Å². The van der Waals surface area contributed by atoms with E-state index < -0.39 is 5.91 Å². The van der Waals surface area contributed by atoms with Gasteiger partial charge in [-0.25, -0.2) is 0 Å². The minimum Gasteiger partial charge on any atom is -0.378 e. The molecule has 2 N–H and O–H groups in total. The summed E-state index contributed by atoms with van der Waals surface area (Å²) in [7, 11) is 0. The van der Waals surface area contributed by atoms with Crippen molar-refractivity contribution in [2.45, 2.75) is 0 Å². The third kappa shape index (κ3) is 3.79. The summed E-state index contributed by atoms with van der Waals surface area (Å²) in [5.41, 5.74) is 7.04. The van der Waals surface area contributed by atoms with Gasteiger partial charge in [0.15, 0.2) is 11.0 Å². The van der Waals surface area contributed by atoms with E-state index in [4.69, 9.17) is 5.73 Å². The van der Waals surface area contributed by atoms with Crippen LogP contribution < -0.4 is 5.73 Å². The Morgan fingerprint density at radius 2 is 1.43 bits per heavy atom. The number of carbonyl (C=O) groups excluding carboxylic acids is 2. The lowest BCUT2D eigenvalue weighted by atomic mass is 10.0. The lowest BCUT2D eigenvalue weighted by molar-refractivity contribution is 0.0999. The molecule has 5 heteroatoms. The Hall–Kier alpha value is -2.40. The molecule has 0 aliphatic rings. The van der Waals surface area contributed by atoms with Gasteiger partial charge in [-0.3, -0.25) is 9.59 Å². The first-order valence-corrected chi connectivity index (χ1v) is 7.46. The fraction of sp³-hybridized carbons (Fsp3) is 0.0625. The number of aliphatic imine (C=N–C) groups is 1. The average Bonchev–Trinajstić information content (AvgIpc) is 2.55. The minimum absolute atomic E-state index is 0.0817. The molecule has 2 aromatic carbocycles. The maximum absolute atomic E-state index is 12.2. The van der Waals surface area contributed by atoms with E-state index in [2.05, 4.69) is 4.99 Å². The molecular formula is C16H14N2O2S. The van der Waals surface area contributed by atoms with Crippen LogP contribution in [-0.2, 0) is 0 Å². The number of amidine groups is 1. The van der Waals surface area contributed by atoms with Crippen LogP contribution >= 0.6 is 11.8 Å². The van der Waals surface area contributed by atoms with E-state index in [1.54, 1.807) is 42.7 Å². The maximum atomic E-state index is 12.2. The largest absolute Gasteiger partial charge is 0.378 e. The standard InChI is InChI=1S/C16H14N2O2S/c1-21-16(17)18-15(20)13-9-7-12(8-10-13)14(19)11-5-3-2-4-6-11/h2-10H,1H3,(H2,17,18,20). The number of nitrogens with two attached hydrogens (primary N) is 1. The van der Waals surface area contributed by atoms with Gasteiger partial charge in [0.05, 0.1) is 0 Å². The van der Waals surface area contributed by atoms with Crippen LogP contribution in [0.2, 0.25) is 0 Å². The summed E-state index contributed by atoms with van der Waals surface area (Å²) in [5.74, 6) is -0.498. The zero-order valence-corrected chi connectivity index (χ0v) is 12.3. The van der Waals surface area contributed by atoms with Gasteiger partial charge >= 0.3 is 0 Å². The monoisotopic (exact) mass is 298 g/mol. The summed E-state index contributed by atoms with van der Waals surface area (Å²) in [4.78, 5) is 27.7. The number of thioether (sulfide) groups is 1. The van der Waals surface area contributed by atoms with Crippen molar-refractivity contribution in [1.82, 2.24) is 0 Å². The molecule has 0 bridgehead atoms. The van der Waals surface area contributed by atoms with Crippen LogP contribution in [0, 0.1) is 0 Å². The van der Waals surface area contributed by atoms with Gasteiger partial charge in [0.1, 0.15) is 0 Å². The lowest BCUT2D eigenvalue weighted by Crippen LogP contribution is -2.09. The Morgan fingerprint density at radius 1 is 0.905 bits per heavy atom. The molecule has 0 saturated heterocycles. The SMILES string of the molecule is CSC(N)=NC(=O)c1ccc(C(=O)c2ccccc2)cc1. The quantitative estimate of drug-likeness (QED) is 0.537. The number of hydrogen-bond donors (Lipinski definition) is 1. The minimum atomic E-state index is -0.416. The predicted molar refractivity (Wildman–Crippen MR) is 85.8 cm³/mol. The smallest absolute Gasteiger partial charge is 0.279 e. The summed E-state index contributed by atoms with van der Waals surface area (Å²) in [6, 6.07) is 15.4. The van der Waals surface area contributed by atoms with E-state index in [0.29, 0.717) is 16.7 Å². The topological polar surface area (TPSA) is 72.5 Å². The van der Waals surface area contributed by atoms with Crippen LogP contribution in [0.4, 0.5) is 0 Å². The van der Waals surface area contributed by atoms with Crippen molar-refractivity contribution in [3.63, 3.8) is 0 Å². The number of amides is 1. The number of ketones is 1. The number of rotatable bonds is 3. The highest BCUT2D eigenvalue weighted by Crippen LogP contribution is 2.12. The Kier molecular flexibility index (Phi) is 4.90. The molecule has 2 aromatic rings. The van der Waals surface area contributed by atoms with Crippen LogP contribution in [-0.4, -0.2) is 23.1 Å². The second kappa shape index (κ2) is 6.85. The van der Waals surface area contributed by atoms with Crippen molar-refractivity contribution in [2.24, 2.45) is 10.7 Å². The van der Waals surface area contributed by atoms with Crippen molar-refractivity contribution in [2.75, 3.05) is 6.26 Å². The molecule has 0 heterocycles. The fourth-order valence-corrected chi connectivity index (χ4v) is 1.90. The van der Waals surface area contributed by atoms with Crippen LogP contribution in [0.3, 0.4) is 0 Å². The molecule has 2 rings (SSSR count). The molecule has 0 aromatic heterocycles. The summed E-state index contributed by atoms with van der Waals surface area (Å²) in [6.45, 7) is 0. The first kappa shape index (κ1) is 15.0. The molecule has 0 aliphatic carbocycles. The molecule has 0 atom stereocenters. The van der Waals surface area contributed by atoms with Gasteiger partial charge in [0, 0.05) is 16.7 Å². The van der Waals surface area contributed by atoms with E-state index in [-0.39, 0.29) is 11.0 Å². The molecule has 0 aliphatic heterocycles. The van der Waals surface area contributed by atoms with Gasteiger partial charge < -0.3 is 5.73 Å². The van der Waals surface area contributed by atoms with E-state index >= 15 is 0 Å². The molecule has 0 unspecified atom stereocenters. The average molecular weight is 298 g/mol. The Morgan fingerprint density at radius 3 is 2.00 bits per heavy atom. The molecule has 1 amide bonds.